The van der Waals surface area contributed by atoms with Crippen LogP contribution in [0.5, 0.6) is 0 Å². The van der Waals surface area contributed by atoms with Crippen molar-refractivity contribution in [2.75, 3.05) is 17.7 Å². The second-order valence-electron chi connectivity index (χ2n) is 5.07. The third-order valence-corrected chi connectivity index (χ3v) is 3.62. The van der Waals surface area contributed by atoms with Crippen LogP contribution >= 0.6 is 0 Å². The lowest BCUT2D eigenvalue weighted by molar-refractivity contribution is 0.172. The van der Waals surface area contributed by atoms with Gasteiger partial charge in [0.15, 0.2) is 0 Å². The van der Waals surface area contributed by atoms with Crippen LogP contribution in [0, 0.1) is 0 Å². The second kappa shape index (κ2) is 5.52. The average molecular weight is 250 g/mol. The summed E-state index contributed by atoms with van der Waals surface area (Å²) in [7, 11) is 0. The summed E-state index contributed by atoms with van der Waals surface area (Å²) in [6.45, 7) is 2.14. The minimum Gasteiger partial charge on any atom is -0.394 e. The number of rotatable bonds is 4. The molecular formula is C13H22N4O. The summed E-state index contributed by atoms with van der Waals surface area (Å²) >= 11 is 0. The molecule has 4 N–H and O–H groups in total. The summed E-state index contributed by atoms with van der Waals surface area (Å²) in [5, 5.41) is 13.0. The standard InChI is InChI=1S/C13H22N4O/c1-2-11-15-10(14)8-12(16-11)17-13(9-18)6-4-3-5-7-13/h8,18H,2-7,9H2,1H3,(H3,14,15,16,17). The zero-order valence-corrected chi connectivity index (χ0v) is 10.9. The molecule has 5 nitrogen and oxygen atoms in total. The van der Waals surface area contributed by atoms with Crippen molar-refractivity contribution < 1.29 is 5.11 Å². The summed E-state index contributed by atoms with van der Waals surface area (Å²) in [5.41, 5.74) is 5.54. The van der Waals surface area contributed by atoms with Crippen LogP contribution in [0.2, 0.25) is 0 Å². The molecule has 0 aliphatic heterocycles. The maximum atomic E-state index is 9.66. The Labute approximate surface area is 108 Å². The molecule has 0 bridgehead atoms. The minimum absolute atomic E-state index is 0.137. The summed E-state index contributed by atoms with van der Waals surface area (Å²) in [6.07, 6.45) is 6.26. The van der Waals surface area contributed by atoms with Gasteiger partial charge in [-0.1, -0.05) is 26.2 Å². The highest BCUT2D eigenvalue weighted by molar-refractivity contribution is 5.46. The first-order chi connectivity index (χ1) is 8.67. The number of aliphatic hydroxyl groups is 1. The number of aliphatic hydroxyl groups excluding tert-OH is 1. The fourth-order valence-corrected chi connectivity index (χ4v) is 2.56. The molecule has 0 aromatic carbocycles. The van der Waals surface area contributed by atoms with Gasteiger partial charge in [-0.3, -0.25) is 0 Å². The van der Waals surface area contributed by atoms with E-state index in [-0.39, 0.29) is 12.1 Å². The molecule has 1 aliphatic carbocycles. The third-order valence-electron chi connectivity index (χ3n) is 3.62. The Kier molecular flexibility index (Phi) is 4.01. The lowest BCUT2D eigenvalue weighted by Gasteiger charge is -2.37. The first-order valence-electron chi connectivity index (χ1n) is 6.70. The highest BCUT2D eigenvalue weighted by Gasteiger charge is 2.31. The number of anilines is 2. The predicted molar refractivity (Wildman–Crippen MR) is 72.3 cm³/mol. The van der Waals surface area contributed by atoms with E-state index in [4.69, 9.17) is 5.73 Å². The normalized spacial score (nSPS) is 18.6. The van der Waals surface area contributed by atoms with E-state index in [0.29, 0.717) is 5.82 Å². The van der Waals surface area contributed by atoms with Crippen LogP contribution in [0.25, 0.3) is 0 Å². The maximum Gasteiger partial charge on any atom is 0.132 e. The van der Waals surface area contributed by atoms with Gasteiger partial charge in [-0.25, -0.2) is 9.97 Å². The third kappa shape index (κ3) is 2.90. The smallest absolute Gasteiger partial charge is 0.132 e. The fraction of sp³-hybridized carbons (Fsp3) is 0.692. The number of nitrogen functional groups attached to an aromatic ring is 1. The number of nitrogens with two attached hydrogens (primary N) is 1. The molecule has 0 spiro atoms. The molecule has 1 aromatic heterocycles. The minimum atomic E-state index is -0.232. The second-order valence-corrected chi connectivity index (χ2v) is 5.07. The number of aryl methyl sites for hydroxylation is 1. The SMILES string of the molecule is CCc1nc(N)cc(NC2(CO)CCCCC2)n1. The molecule has 2 rings (SSSR count). The van der Waals surface area contributed by atoms with Gasteiger partial charge in [0.2, 0.25) is 0 Å². The van der Waals surface area contributed by atoms with Gasteiger partial charge < -0.3 is 16.2 Å². The molecule has 100 valence electrons. The number of aromatic nitrogens is 2. The molecule has 0 saturated heterocycles. The molecule has 1 aliphatic rings. The average Bonchev–Trinajstić information content (AvgIpc) is 2.39. The number of nitrogens with zero attached hydrogens (tertiary/aromatic N) is 2. The molecule has 0 amide bonds. The van der Waals surface area contributed by atoms with Gasteiger partial charge in [0.1, 0.15) is 17.5 Å². The molecule has 18 heavy (non-hydrogen) atoms. The maximum absolute atomic E-state index is 9.66. The van der Waals surface area contributed by atoms with Crippen molar-refractivity contribution in [3.05, 3.63) is 11.9 Å². The van der Waals surface area contributed by atoms with Crippen molar-refractivity contribution in [1.82, 2.24) is 9.97 Å². The van der Waals surface area contributed by atoms with E-state index in [1.165, 1.54) is 6.42 Å². The van der Waals surface area contributed by atoms with Crippen LogP contribution in [0.1, 0.15) is 44.9 Å². The van der Waals surface area contributed by atoms with Crippen molar-refractivity contribution in [2.24, 2.45) is 0 Å². The Morgan fingerprint density at radius 1 is 1.33 bits per heavy atom. The van der Waals surface area contributed by atoms with Crippen molar-refractivity contribution in [1.29, 1.82) is 0 Å². The van der Waals surface area contributed by atoms with Crippen LogP contribution in [0.15, 0.2) is 6.07 Å². The van der Waals surface area contributed by atoms with Crippen LogP contribution in [0.4, 0.5) is 11.6 Å². The highest BCUT2D eigenvalue weighted by atomic mass is 16.3. The van der Waals surface area contributed by atoms with Crippen molar-refractivity contribution in [2.45, 2.75) is 51.0 Å². The lowest BCUT2D eigenvalue weighted by Crippen LogP contribution is -2.44. The molecule has 1 saturated carbocycles. The Hall–Kier alpha value is -1.36. The largest absolute Gasteiger partial charge is 0.394 e. The Morgan fingerprint density at radius 3 is 2.67 bits per heavy atom. The summed E-state index contributed by atoms with van der Waals surface area (Å²) in [6, 6.07) is 1.74. The monoisotopic (exact) mass is 250 g/mol. The molecule has 1 aromatic rings. The zero-order valence-electron chi connectivity index (χ0n) is 10.9. The number of nitrogens with one attached hydrogen (secondary N) is 1. The van der Waals surface area contributed by atoms with E-state index < -0.39 is 0 Å². The van der Waals surface area contributed by atoms with Crippen molar-refractivity contribution in [3.8, 4) is 0 Å². The summed E-state index contributed by atoms with van der Waals surface area (Å²) < 4.78 is 0. The Balaban J connectivity index is 2.18. The van der Waals surface area contributed by atoms with Gasteiger partial charge >= 0.3 is 0 Å². The molecule has 5 heteroatoms. The van der Waals surface area contributed by atoms with Crippen LogP contribution < -0.4 is 11.1 Å². The highest BCUT2D eigenvalue weighted by Crippen LogP contribution is 2.31. The summed E-state index contributed by atoms with van der Waals surface area (Å²) in [4.78, 5) is 8.58. The van der Waals surface area contributed by atoms with Gasteiger partial charge in [0.05, 0.1) is 12.1 Å². The molecular weight excluding hydrogens is 228 g/mol. The van der Waals surface area contributed by atoms with Crippen molar-refractivity contribution >= 4 is 11.6 Å². The van der Waals surface area contributed by atoms with Gasteiger partial charge in [-0.15, -0.1) is 0 Å². The first-order valence-corrected chi connectivity index (χ1v) is 6.70. The lowest BCUT2D eigenvalue weighted by atomic mass is 9.82. The van der Waals surface area contributed by atoms with Crippen LogP contribution in [-0.2, 0) is 6.42 Å². The van der Waals surface area contributed by atoms with E-state index in [1.807, 2.05) is 6.92 Å². The van der Waals surface area contributed by atoms with E-state index in [2.05, 4.69) is 15.3 Å². The number of hydrogen-bond donors (Lipinski definition) is 3. The van der Waals surface area contributed by atoms with Crippen LogP contribution in [-0.4, -0.2) is 27.2 Å². The fourth-order valence-electron chi connectivity index (χ4n) is 2.56. The van der Waals surface area contributed by atoms with E-state index in [1.54, 1.807) is 6.07 Å². The van der Waals surface area contributed by atoms with Gasteiger partial charge in [0.25, 0.3) is 0 Å². The summed E-state index contributed by atoms with van der Waals surface area (Å²) in [5.74, 6) is 1.95. The van der Waals surface area contributed by atoms with Crippen LogP contribution in [0.3, 0.4) is 0 Å². The molecule has 1 heterocycles. The van der Waals surface area contributed by atoms with Crippen molar-refractivity contribution in [3.63, 3.8) is 0 Å². The number of hydrogen-bond acceptors (Lipinski definition) is 5. The van der Waals surface area contributed by atoms with Gasteiger partial charge in [0, 0.05) is 12.5 Å². The van der Waals surface area contributed by atoms with Gasteiger partial charge in [-0.2, -0.15) is 0 Å². The molecule has 0 radical (unpaired) electrons. The first kappa shape index (κ1) is 13.1. The molecule has 1 fully saturated rings. The van der Waals surface area contributed by atoms with E-state index in [9.17, 15) is 5.11 Å². The molecule has 0 atom stereocenters. The quantitative estimate of drug-likeness (QED) is 0.758. The van der Waals surface area contributed by atoms with Gasteiger partial charge in [-0.05, 0) is 12.8 Å². The molecule has 0 unspecified atom stereocenters. The zero-order chi connectivity index (χ0) is 13.0. The topological polar surface area (TPSA) is 84.1 Å². The Morgan fingerprint density at radius 2 is 2.06 bits per heavy atom. The Bertz CT molecular complexity index is 402. The van der Waals surface area contributed by atoms with E-state index >= 15 is 0 Å². The van der Waals surface area contributed by atoms with E-state index in [0.717, 1.165) is 43.7 Å². The predicted octanol–water partition coefficient (Wildman–Crippen LogP) is 1.73.